The Kier molecular flexibility index (Phi) is 2.29. The Morgan fingerprint density at radius 3 is 3.10 bits per heavy atom. The maximum atomic E-state index is 4.95. The molecule has 0 atom stereocenters. The molecule has 1 aliphatic heterocycles. The molecule has 0 fully saturated rings. The van der Waals surface area contributed by atoms with Crippen molar-refractivity contribution in [3.63, 3.8) is 0 Å². The fraction of sp³-hybridized carbons (Fsp3) is 0.250. The average molecular weight is 137 g/mol. The first kappa shape index (κ1) is 7.09. The predicted octanol–water partition coefficient (Wildman–Crippen LogP) is 1.19. The minimum Gasteiger partial charge on any atom is -0.380 e. The molecule has 2 heteroatoms. The highest BCUT2D eigenvalue weighted by Crippen LogP contribution is 2.08. The first-order valence-corrected chi connectivity index (χ1v) is 3.15. The number of ether oxygens (including phenoxy) is 1. The van der Waals surface area contributed by atoms with E-state index in [9.17, 15) is 0 Å². The van der Waals surface area contributed by atoms with Gasteiger partial charge in [0.2, 0.25) is 0 Å². The summed E-state index contributed by atoms with van der Waals surface area (Å²) in [5, 5.41) is 2.99. The monoisotopic (exact) mass is 137 g/mol. The molecule has 1 N–H and O–H groups in total. The van der Waals surface area contributed by atoms with Crippen LogP contribution in [0.1, 0.15) is 0 Å². The lowest BCUT2D eigenvalue weighted by Crippen LogP contribution is -2.12. The maximum absolute atomic E-state index is 4.95. The van der Waals surface area contributed by atoms with Crippen LogP contribution in [-0.4, -0.2) is 13.7 Å². The first-order chi connectivity index (χ1) is 4.84. The van der Waals surface area contributed by atoms with Gasteiger partial charge in [-0.15, -0.1) is 0 Å². The van der Waals surface area contributed by atoms with E-state index in [0.29, 0.717) is 6.61 Å². The summed E-state index contributed by atoms with van der Waals surface area (Å²) in [6, 6.07) is 0. The molecule has 0 bridgehead atoms. The van der Waals surface area contributed by atoms with Crippen LogP contribution >= 0.6 is 0 Å². The number of nitrogens with one attached hydrogen (secondary N) is 1. The van der Waals surface area contributed by atoms with Crippen molar-refractivity contribution in [3.05, 3.63) is 36.2 Å². The molecular formula is C8H11NO. The molecule has 2 nitrogen and oxygen atoms in total. The third kappa shape index (κ3) is 1.48. The molecule has 0 aromatic heterocycles. The van der Waals surface area contributed by atoms with Crippen molar-refractivity contribution in [1.29, 1.82) is 0 Å². The SMILES string of the molecule is C=C1NC=CC=C1COC. The fourth-order valence-corrected chi connectivity index (χ4v) is 0.797. The zero-order valence-electron chi connectivity index (χ0n) is 6.05. The second-order valence-electron chi connectivity index (χ2n) is 2.11. The fourth-order valence-electron chi connectivity index (χ4n) is 0.797. The van der Waals surface area contributed by atoms with Crippen molar-refractivity contribution >= 4 is 0 Å². The van der Waals surface area contributed by atoms with Crippen molar-refractivity contribution in [3.8, 4) is 0 Å². The van der Waals surface area contributed by atoms with Gasteiger partial charge in [0.1, 0.15) is 0 Å². The van der Waals surface area contributed by atoms with Gasteiger partial charge in [0.15, 0.2) is 0 Å². The van der Waals surface area contributed by atoms with Crippen LogP contribution in [0.4, 0.5) is 0 Å². The van der Waals surface area contributed by atoms with E-state index in [4.69, 9.17) is 4.74 Å². The van der Waals surface area contributed by atoms with Crippen molar-refractivity contribution in [2.75, 3.05) is 13.7 Å². The van der Waals surface area contributed by atoms with Crippen molar-refractivity contribution in [2.45, 2.75) is 0 Å². The Bertz CT molecular complexity index is 191. The third-order valence-electron chi connectivity index (χ3n) is 1.34. The molecule has 0 unspecified atom stereocenters. The van der Waals surface area contributed by atoms with Crippen LogP contribution in [0.25, 0.3) is 0 Å². The van der Waals surface area contributed by atoms with Gasteiger partial charge in [-0.1, -0.05) is 12.7 Å². The minimum atomic E-state index is 0.621. The molecule has 10 heavy (non-hydrogen) atoms. The highest BCUT2D eigenvalue weighted by Gasteiger charge is 2.01. The lowest BCUT2D eigenvalue weighted by Gasteiger charge is -2.11. The van der Waals surface area contributed by atoms with Crippen molar-refractivity contribution < 1.29 is 4.74 Å². The Hall–Kier alpha value is -1.02. The molecule has 0 spiro atoms. The van der Waals surface area contributed by atoms with Gasteiger partial charge in [-0.2, -0.15) is 0 Å². The summed E-state index contributed by atoms with van der Waals surface area (Å²) in [6.45, 7) is 4.42. The predicted molar refractivity (Wildman–Crippen MR) is 41.4 cm³/mol. The molecular weight excluding hydrogens is 126 g/mol. The van der Waals surface area contributed by atoms with Gasteiger partial charge in [0, 0.05) is 24.6 Å². The van der Waals surface area contributed by atoms with Gasteiger partial charge in [-0.05, 0) is 6.08 Å². The Morgan fingerprint density at radius 1 is 1.70 bits per heavy atom. The lowest BCUT2D eigenvalue weighted by atomic mass is 10.2. The van der Waals surface area contributed by atoms with Gasteiger partial charge in [0.25, 0.3) is 0 Å². The molecule has 54 valence electrons. The van der Waals surface area contributed by atoms with Crippen LogP contribution in [0, 0.1) is 0 Å². The van der Waals surface area contributed by atoms with E-state index in [1.165, 1.54) is 0 Å². The summed E-state index contributed by atoms with van der Waals surface area (Å²) < 4.78 is 4.95. The summed E-state index contributed by atoms with van der Waals surface area (Å²) in [7, 11) is 1.67. The largest absolute Gasteiger partial charge is 0.380 e. The van der Waals surface area contributed by atoms with E-state index in [-0.39, 0.29) is 0 Å². The van der Waals surface area contributed by atoms with Crippen LogP contribution in [0.5, 0.6) is 0 Å². The lowest BCUT2D eigenvalue weighted by molar-refractivity contribution is 0.226. The zero-order valence-corrected chi connectivity index (χ0v) is 6.05. The van der Waals surface area contributed by atoms with Crippen molar-refractivity contribution in [1.82, 2.24) is 5.32 Å². The standard InChI is InChI=1S/C8H11NO/c1-7-8(6-10-2)4-3-5-9-7/h3-5,9H,1,6H2,2H3. The van der Waals surface area contributed by atoms with Crippen LogP contribution in [0.3, 0.4) is 0 Å². The second kappa shape index (κ2) is 3.22. The smallest absolute Gasteiger partial charge is 0.0733 e. The highest BCUT2D eigenvalue weighted by molar-refractivity contribution is 5.35. The van der Waals surface area contributed by atoms with Gasteiger partial charge in [-0.25, -0.2) is 0 Å². The number of allylic oxidation sites excluding steroid dienone is 2. The first-order valence-electron chi connectivity index (χ1n) is 3.15. The number of methoxy groups -OCH3 is 1. The van der Waals surface area contributed by atoms with Crippen molar-refractivity contribution in [2.24, 2.45) is 0 Å². The van der Waals surface area contributed by atoms with E-state index >= 15 is 0 Å². The van der Waals surface area contributed by atoms with E-state index in [1.54, 1.807) is 7.11 Å². The molecule has 0 aliphatic carbocycles. The molecule has 0 aromatic rings. The molecule has 0 aromatic carbocycles. The van der Waals surface area contributed by atoms with Gasteiger partial charge >= 0.3 is 0 Å². The second-order valence-corrected chi connectivity index (χ2v) is 2.11. The molecule has 0 saturated carbocycles. The average Bonchev–Trinajstić information content (AvgIpc) is 1.94. The van der Waals surface area contributed by atoms with E-state index < -0.39 is 0 Å². The van der Waals surface area contributed by atoms with E-state index in [0.717, 1.165) is 11.3 Å². The molecule has 1 rings (SSSR count). The quantitative estimate of drug-likeness (QED) is 0.617. The zero-order chi connectivity index (χ0) is 7.40. The number of hydrogen-bond acceptors (Lipinski definition) is 2. The molecule has 1 heterocycles. The molecule has 1 aliphatic rings. The summed E-state index contributed by atoms with van der Waals surface area (Å²) in [5.74, 6) is 0. The normalized spacial score (nSPS) is 16.5. The van der Waals surface area contributed by atoms with E-state index in [1.807, 2.05) is 18.4 Å². The van der Waals surface area contributed by atoms with E-state index in [2.05, 4.69) is 11.9 Å². The van der Waals surface area contributed by atoms with Gasteiger partial charge in [-0.3, -0.25) is 0 Å². The summed E-state index contributed by atoms with van der Waals surface area (Å²) >= 11 is 0. The molecule has 0 radical (unpaired) electrons. The topological polar surface area (TPSA) is 21.3 Å². The summed E-state index contributed by atoms with van der Waals surface area (Å²) in [5.41, 5.74) is 2.02. The molecule has 0 saturated heterocycles. The Balaban J connectivity index is 2.61. The van der Waals surface area contributed by atoms with Crippen LogP contribution < -0.4 is 5.32 Å². The summed E-state index contributed by atoms with van der Waals surface area (Å²) in [4.78, 5) is 0. The number of dihydropyridines is 1. The Labute approximate surface area is 60.9 Å². The van der Waals surface area contributed by atoms with Gasteiger partial charge < -0.3 is 10.1 Å². The number of rotatable bonds is 2. The maximum Gasteiger partial charge on any atom is 0.0733 e. The number of hydrogen-bond donors (Lipinski definition) is 1. The van der Waals surface area contributed by atoms with Crippen LogP contribution in [0.2, 0.25) is 0 Å². The third-order valence-corrected chi connectivity index (χ3v) is 1.34. The summed E-state index contributed by atoms with van der Waals surface area (Å²) in [6.07, 6.45) is 5.77. The highest BCUT2D eigenvalue weighted by atomic mass is 16.5. The minimum absolute atomic E-state index is 0.621. The van der Waals surface area contributed by atoms with Gasteiger partial charge in [0.05, 0.1) is 6.61 Å². The molecule has 0 amide bonds. The Morgan fingerprint density at radius 2 is 2.50 bits per heavy atom. The van der Waals surface area contributed by atoms with Crippen LogP contribution in [0.15, 0.2) is 36.2 Å². The van der Waals surface area contributed by atoms with Crippen LogP contribution in [-0.2, 0) is 4.74 Å².